The van der Waals surface area contributed by atoms with Crippen LogP contribution in [0.3, 0.4) is 0 Å². The van der Waals surface area contributed by atoms with Gasteiger partial charge in [0.15, 0.2) is 8.32 Å². The lowest BCUT2D eigenvalue weighted by atomic mass is 10.4. The molecule has 0 aliphatic heterocycles. The normalized spacial score (nSPS) is 18.0. The summed E-state index contributed by atoms with van der Waals surface area (Å²) < 4.78 is 6.36. The van der Waals surface area contributed by atoms with Gasteiger partial charge in [0, 0.05) is 5.73 Å². The van der Waals surface area contributed by atoms with Crippen LogP contribution in [0.25, 0.3) is 0 Å². The number of hydrogen-bond acceptors (Lipinski definition) is 1. The molecule has 0 aliphatic carbocycles. The van der Waals surface area contributed by atoms with Crippen molar-refractivity contribution >= 4 is 16.4 Å². The Hall–Kier alpha value is 0.394. The van der Waals surface area contributed by atoms with Gasteiger partial charge in [-0.2, -0.15) is 0 Å². The molecule has 0 spiro atoms. The quantitative estimate of drug-likeness (QED) is 0.643. The third-order valence-electron chi connectivity index (χ3n) is 3.50. The molecule has 0 rings (SSSR count). The van der Waals surface area contributed by atoms with Crippen LogP contribution in [0.2, 0.25) is 38.3 Å². The molecule has 2 atom stereocenters. The zero-order valence-electron chi connectivity index (χ0n) is 11.3. The molecule has 0 aromatic rings. The van der Waals surface area contributed by atoms with Gasteiger partial charge in [-0.15, -0.1) is 0 Å². The Morgan fingerprint density at radius 1 is 1.00 bits per heavy atom. The Balaban J connectivity index is 4.36. The standard InChI is InChI=1S/C11H28OSi2/c1-9-10(2)14(7,8)12-11(3)13(4,5)6/h10-11H,9H2,1-8H3. The summed E-state index contributed by atoms with van der Waals surface area (Å²) in [7, 11) is -2.56. The van der Waals surface area contributed by atoms with Gasteiger partial charge in [-0.3, -0.25) is 0 Å². The lowest BCUT2D eigenvalue weighted by Gasteiger charge is -2.37. The largest absolute Gasteiger partial charge is 0.418 e. The molecule has 14 heavy (non-hydrogen) atoms. The summed E-state index contributed by atoms with van der Waals surface area (Å²) in [5.74, 6) is 0. The van der Waals surface area contributed by atoms with E-state index in [9.17, 15) is 0 Å². The van der Waals surface area contributed by atoms with E-state index in [1.54, 1.807) is 0 Å². The second kappa shape index (κ2) is 4.95. The number of rotatable bonds is 5. The number of hydrogen-bond donors (Lipinski definition) is 0. The zero-order valence-corrected chi connectivity index (χ0v) is 13.3. The van der Waals surface area contributed by atoms with Gasteiger partial charge >= 0.3 is 0 Å². The molecule has 0 aliphatic rings. The first-order chi connectivity index (χ1) is 6.11. The molecule has 0 bridgehead atoms. The first-order valence-corrected chi connectivity index (χ1v) is 12.4. The van der Waals surface area contributed by atoms with Crippen molar-refractivity contribution in [1.29, 1.82) is 0 Å². The summed E-state index contributed by atoms with van der Waals surface area (Å²) in [5.41, 5.74) is 1.26. The summed E-state index contributed by atoms with van der Waals surface area (Å²) in [4.78, 5) is 0. The minimum Gasteiger partial charge on any atom is -0.418 e. The fraction of sp³-hybridized carbons (Fsp3) is 1.00. The Labute approximate surface area is 92.4 Å². The van der Waals surface area contributed by atoms with E-state index in [-0.39, 0.29) is 0 Å². The molecule has 0 saturated carbocycles. The van der Waals surface area contributed by atoms with Crippen LogP contribution in [-0.2, 0) is 4.43 Å². The van der Waals surface area contributed by atoms with Gasteiger partial charge < -0.3 is 4.43 Å². The molecule has 0 aromatic carbocycles. The molecule has 0 aromatic heterocycles. The molecule has 1 nitrogen and oxygen atoms in total. The van der Waals surface area contributed by atoms with E-state index in [4.69, 9.17) is 4.43 Å². The third kappa shape index (κ3) is 4.28. The predicted molar refractivity (Wildman–Crippen MR) is 71.1 cm³/mol. The average molecular weight is 233 g/mol. The van der Waals surface area contributed by atoms with Gasteiger partial charge in [0.25, 0.3) is 0 Å². The van der Waals surface area contributed by atoms with Gasteiger partial charge in [0.2, 0.25) is 0 Å². The van der Waals surface area contributed by atoms with Gasteiger partial charge in [-0.25, -0.2) is 0 Å². The second-order valence-electron chi connectivity index (χ2n) is 6.04. The monoisotopic (exact) mass is 232 g/mol. The Morgan fingerprint density at radius 2 is 1.43 bits per heavy atom. The molecular weight excluding hydrogens is 204 g/mol. The highest BCUT2D eigenvalue weighted by molar-refractivity contribution is 6.79. The van der Waals surface area contributed by atoms with Crippen LogP contribution in [0, 0.1) is 0 Å². The first-order valence-electron chi connectivity index (χ1n) is 5.79. The first kappa shape index (κ1) is 14.4. The maximum Gasteiger partial charge on any atom is 0.189 e. The minimum absolute atomic E-state index is 0.498. The van der Waals surface area contributed by atoms with E-state index in [0.29, 0.717) is 5.73 Å². The van der Waals surface area contributed by atoms with Crippen molar-refractivity contribution in [2.24, 2.45) is 0 Å². The lowest BCUT2D eigenvalue weighted by molar-refractivity contribution is 0.270. The molecule has 0 fully saturated rings. The molecule has 3 heteroatoms. The van der Waals surface area contributed by atoms with Crippen LogP contribution in [-0.4, -0.2) is 22.1 Å². The Bertz CT molecular complexity index is 173. The van der Waals surface area contributed by atoms with E-state index in [1.165, 1.54) is 6.42 Å². The molecular formula is C11H28OSi2. The highest BCUT2D eigenvalue weighted by Crippen LogP contribution is 2.28. The van der Waals surface area contributed by atoms with Gasteiger partial charge in [0.1, 0.15) is 0 Å². The van der Waals surface area contributed by atoms with Crippen molar-refractivity contribution < 1.29 is 4.43 Å². The van der Waals surface area contributed by atoms with Gasteiger partial charge in [-0.05, 0) is 25.6 Å². The van der Waals surface area contributed by atoms with Crippen LogP contribution in [0.4, 0.5) is 0 Å². The fourth-order valence-corrected chi connectivity index (χ4v) is 5.69. The maximum absolute atomic E-state index is 6.36. The summed E-state index contributed by atoms with van der Waals surface area (Å²) in [5, 5.41) is 0. The van der Waals surface area contributed by atoms with E-state index < -0.39 is 16.4 Å². The molecule has 0 amide bonds. The SMILES string of the molecule is CCC(C)[Si](C)(C)OC(C)[Si](C)(C)C. The summed E-state index contributed by atoms with van der Waals surface area (Å²) >= 11 is 0. The zero-order chi connectivity index (χ0) is 11.6. The molecule has 2 unspecified atom stereocenters. The average Bonchev–Trinajstić information content (AvgIpc) is 2.00. The van der Waals surface area contributed by atoms with Crippen LogP contribution in [0.5, 0.6) is 0 Å². The van der Waals surface area contributed by atoms with E-state index >= 15 is 0 Å². The molecule has 0 radical (unpaired) electrons. The third-order valence-corrected chi connectivity index (χ3v) is 10.0. The van der Waals surface area contributed by atoms with Crippen LogP contribution < -0.4 is 0 Å². The maximum atomic E-state index is 6.36. The topological polar surface area (TPSA) is 9.23 Å². The van der Waals surface area contributed by atoms with Crippen LogP contribution in [0.1, 0.15) is 27.2 Å². The van der Waals surface area contributed by atoms with Crippen molar-refractivity contribution in [3.8, 4) is 0 Å². The van der Waals surface area contributed by atoms with Crippen molar-refractivity contribution in [2.75, 3.05) is 0 Å². The van der Waals surface area contributed by atoms with E-state index in [0.717, 1.165) is 5.54 Å². The smallest absolute Gasteiger partial charge is 0.189 e. The highest BCUT2D eigenvalue weighted by atomic mass is 28.4. The highest BCUT2D eigenvalue weighted by Gasteiger charge is 2.34. The van der Waals surface area contributed by atoms with Crippen LogP contribution >= 0.6 is 0 Å². The minimum atomic E-state index is -1.44. The summed E-state index contributed by atoms with van der Waals surface area (Å²) in [6.07, 6.45) is 1.25. The summed E-state index contributed by atoms with van der Waals surface area (Å²) in [6.45, 7) is 18.8. The Morgan fingerprint density at radius 3 is 1.71 bits per heavy atom. The van der Waals surface area contributed by atoms with Gasteiger partial charge in [0.05, 0.1) is 8.07 Å². The molecule has 0 heterocycles. The van der Waals surface area contributed by atoms with Crippen molar-refractivity contribution in [1.82, 2.24) is 0 Å². The molecule has 86 valence electrons. The fourth-order valence-electron chi connectivity index (χ4n) is 1.24. The Kier molecular flexibility index (Phi) is 5.09. The van der Waals surface area contributed by atoms with Gasteiger partial charge in [-0.1, -0.05) is 39.9 Å². The second-order valence-corrected chi connectivity index (χ2v) is 16.0. The van der Waals surface area contributed by atoms with Crippen molar-refractivity contribution in [3.05, 3.63) is 0 Å². The van der Waals surface area contributed by atoms with E-state index in [1.807, 2.05) is 0 Å². The van der Waals surface area contributed by atoms with Crippen molar-refractivity contribution in [2.45, 2.75) is 71.2 Å². The predicted octanol–water partition coefficient (Wildman–Crippen LogP) is 4.27. The molecule has 0 saturated heterocycles. The lowest BCUT2D eigenvalue weighted by Crippen LogP contribution is -2.47. The summed E-state index contributed by atoms with van der Waals surface area (Å²) in [6, 6.07) is 0. The van der Waals surface area contributed by atoms with E-state index in [2.05, 4.69) is 53.5 Å². The van der Waals surface area contributed by atoms with Crippen molar-refractivity contribution in [3.63, 3.8) is 0 Å². The molecule has 0 N–H and O–H groups in total. The van der Waals surface area contributed by atoms with Crippen LogP contribution in [0.15, 0.2) is 0 Å².